The summed E-state index contributed by atoms with van der Waals surface area (Å²) in [6.45, 7) is -1.21. The zero-order valence-corrected chi connectivity index (χ0v) is 23.3. The van der Waals surface area contributed by atoms with Gasteiger partial charge in [0.15, 0.2) is 5.60 Å². The molecule has 1 unspecified atom stereocenters. The minimum atomic E-state index is -5.14. The van der Waals surface area contributed by atoms with Gasteiger partial charge in [0, 0.05) is 24.4 Å². The fraction of sp³-hybridized carbons (Fsp3) is 0.379. The average Bonchev–Trinajstić information content (AvgIpc) is 3.70. The molecule has 226 valence electrons. The maximum atomic E-state index is 15.1. The standard InChI is InChI=1S/C29H27ClF4N6O3/c30-18-4-6-24(36-13-18)38-26(42)40-15-27(43,29(32,33)34)12-23(40)25(41)37-21-11-17(3-5-20(21)31)28(9-7-16-1-2-16)19-8-10-35-14-22(19)39-28/h3-6,8,10-11,13-14,16,23,39,43H,1-2,7,9,12,15H2,(H,37,41)(H,36,38,42)/t23-,27-,28?/m1/s1. The van der Waals surface area contributed by atoms with Gasteiger partial charge in [-0.3, -0.25) is 15.1 Å². The average molecular weight is 619 g/mol. The van der Waals surface area contributed by atoms with Crippen LogP contribution in [0.1, 0.15) is 43.2 Å². The van der Waals surface area contributed by atoms with Gasteiger partial charge in [-0.2, -0.15) is 13.2 Å². The first-order valence-corrected chi connectivity index (χ1v) is 14.1. The molecule has 0 spiro atoms. The van der Waals surface area contributed by atoms with Crippen LogP contribution in [0, 0.1) is 11.7 Å². The topological polar surface area (TPSA) is 119 Å². The number of urea groups is 1. The summed E-state index contributed by atoms with van der Waals surface area (Å²) in [7, 11) is 0. The molecule has 3 aromatic rings. The van der Waals surface area contributed by atoms with Crippen LogP contribution in [-0.4, -0.2) is 56.3 Å². The lowest BCUT2D eigenvalue weighted by atomic mass is 9.73. The molecule has 1 aliphatic carbocycles. The van der Waals surface area contributed by atoms with Crippen LogP contribution in [0.5, 0.6) is 0 Å². The van der Waals surface area contributed by atoms with E-state index in [0.717, 1.165) is 30.5 Å². The number of hydrogen-bond acceptors (Lipinski definition) is 6. The number of halogens is 5. The molecule has 2 fully saturated rings. The number of amides is 3. The third-order valence-corrected chi connectivity index (χ3v) is 8.59. The monoisotopic (exact) mass is 618 g/mol. The van der Waals surface area contributed by atoms with Gasteiger partial charge in [0.05, 0.1) is 34.7 Å². The van der Waals surface area contributed by atoms with Crippen LogP contribution in [0.2, 0.25) is 5.02 Å². The molecule has 1 saturated heterocycles. The SMILES string of the molecule is O=C(Nc1cc(C2(CCC3CC3)Nc3cnccc32)ccc1F)[C@H]1C[C@](O)(C(F)(F)F)CN1C(=O)Nc1ccc(Cl)cn1. The third-order valence-electron chi connectivity index (χ3n) is 8.36. The summed E-state index contributed by atoms with van der Waals surface area (Å²) < 4.78 is 56.6. The Morgan fingerprint density at radius 2 is 1.93 bits per heavy atom. The Balaban J connectivity index is 1.27. The van der Waals surface area contributed by atoms with Crippen LogP contribution < -0.4 is 16.0 Å². The number of fused-ring (bicyclic) bond motifs is 1. The molecule has 6 rings (SSSR count). The highest BCUT2D eigenvalue weighted by Crippen LogP contribution is 2.51. The van der Waals surface area contributed by atoms with Crippen molar-refractivity contribution in [2.24, 2.45) is 5.92 Å². The van der Waals surface area contributed by atoms with Crippen molar-refractivity contribution in [1.29, 1.82) is 0 Å². The summed E-state index contributed by atoms with van der Waals surface area (Å²) in [6.07, 6.45) is 2.23. The lowest BCUT2D eigenvalue weighted by molar-refractivity contribution is -0.253. The molecule has 2 aliphatic heterocycles. The van der Waals surface area contributed by atoms with E-state index in [1.54, 1.807) is 18.5 Å². The van der Waals surface area contributed by atoms with E-state index in [9.17, 15) is 27.9 Å². The normalized spacial score (nSPS) is 24.5. The number of likely N-dealkylation sites (tertiary alicyclic amines) is 1. The second kappa shape index (κ2) is 10.6. The van der Waals surface area contributed by atoms with E-state index in [1.165, 1.54) is 30.5 Å². The fourth-order valence-corrected chi connectivity index (χ4v) is 5.88. The Morgan fingerprint density at radius 3 is 2.60 bits per heavy atom. The molecule has 0 bridgehead atoms. The molecule has 1 aromatic carbocycles. The van der Waals surface area contributed by atoms with E-state index in [-0.39, 0.29) is 16.5 Å². The lowest BCUT2D eigenvalue weighted by Gasteiger charge is -2.46. The summed E-state index contributed by atoms with van der Waals surface area (Å²) in [5, 5.41) is 18.8. The Kier molecular flexibility index (Phi) is 7.20. The summed E-state index contributed by atoms with van der Waals surface area (Å²) in [5.74, 6) is -1.32. The second-order valence-corrected chi connectivity index (χ2v) is 11.7. The lowest BCUT2D eigenvalue weighted by Crippen LogP contribution is -2.49. The predicted octanol–water partition coefficient (Wildman–Crippen LogP) is 5.67. The van der Waals surface area contributed by atoms with Gasteiger partial charge in [0.2, 0.25) is 5.91 Å². The Labute approximate surface area is 248 Å². The van der Waals surface area contributed by atoms with E-state index in [0.29, 0.717) is 22.8 Å². The zero-order chi connectivity index (χ0) is 30.6. The van der Waals surface area contributed by atoms with Gasteiger partial charge in [-0.1, -0.05) is 30.5 Å². The van der Waals surface area contributed by atoms with Crippen LogP contribution in [-0.2, 0) is 10.3 Å². The molecule has 14 heteroatoms. The van der Waals surface area contributed by atoms with Crippen molar-refractivity contribution < 1.29 is 32.3 Å². The summed E-state index contributed by atoms with van der Waals surface area (Å²) in [6, 6.07) is 5.96. The van der Waals surface area contributed by atoms with E-state index in [2.05, 4.69) is 25.9 Å². The molecule has 2 aromatic heterocycles. The smallest absolute Gasteiger partial charge is 0.379 e. The van der Waals surface area contributed by atoms with Crippen molar-refractivity contribution in [3.05, 3.63) is 77.0 Å². The van der Waals surface area contributed by atoms with Crippen LogP contribution in [0.3, 0.4) is 0 Å². The number of hydrogen-bond donors (Lipinski definition) is 4. The minimum absolute atomic E-state index is 0.0327. The van der Waals surface area contributed by atoms with Crippen LogP contribution >= 0.6 is 11.6 Å². The number of rotatable bonds is 7. The number of β-amino-alcohol motifs (C(OH)–C–C–N with tert-alkyl or cyclic N) is 1. The number of aromatic nitrogens is 2. The summed E-state index contributed by atoms with van der Waals surface area (Å²) >= 11 is 5.79. The molecule has 9 nitrogen and oxygen atoms in total. The Hall–Kier alpha value is -3.97. The van der Waals surface area contributed by atoms with E-state index in [1.807, 2.05) is 6.07 Å². The first-order valence-electron chi connectivity index (χ1n) is 13.7. The molecule has 43 heavy (non-hydrogen) atoms. The van der Waals surface area contributed by atoms with Crippen LogP contribution in [0.15, 0.2) is 55.0 Å². The van der Waals surface area contributed by atoms with Crippen molar-refractivity contribution in [3.63, 3.8) is 0 Å². The van der Waals surface area contributed by atoms with E-state index < -0.39 is 54.1 Å². The maximum Gasteiger partial charge on any atom is 0.419 e. The number of alkyl halides is 3. The highest BCUT2D eigenvalue weighted by molar-refractivity contribution is 6.30. The Morgan fingerprint density at radius 1 is 1.14 bits per heavy atom. The van der Waals surface area contributed by atoms with Crippen molar-refractivity contribution >= 4 is 40.7 Å². The zero-order valence-electron chi connectivity index (χ0n) is 22.6. The van der Waals surface area contributed by atoms with Crippen LogP contribution in [0.4, 0.5) is 39.5 Å². The quantitative estimate of drug-likeness (QED) is 0.254. The van der Waals surface area contributed by atoms with Crippen molar-refractivity contribution in [2.45, 2.75) is 55.5 Å². The largest absolute Gasteiger partial charge is 0.419 e. The molecule has 1 saturated carbocycles. The van der Waals surface area contributed by atoms with Gasteiger partial charge in [-0.05, 0) is 54.7 Å². The molecule has 4 N–H and O–H groups in total. The van der Waals surface area contributed by atoms with Gasteiger partial charge in [0.25, 0.3) is 0 Å². The molecule has 3 amide bonds. The molecular formula is C29H27ClF4N6O3. The highest BCUT2D eigenvalue weighted by Gasteiger charge is 2.62. The van der Waals surface area contributed by atoms with Gasteiger partial charge in [-0.15, -0.1) is 0 Å². The molecule has 0 radical (unpaired) electrons. The number of carbonyl (C=O) groups is 2. The van der Waals surface area contributed by atoms with E-state index >= 15 is 4.39 Å². The predicted molar refractivity (Wildman–Crippen MR) is 150 cm³/mol. The van der Waals surface area contributed by atoms with Crippen molar-refractivity contribution in [2.75, 3.05) is 22.5 Å². The molecule has 3 aliphatic rings. The summed E-state index contributed by atoms with van der Waals surface area (Å²) in [5.41, 5.74) is -1.82. The van der Waals surface area contributed by atoms with E-state index in [4.69, 9.17) is 11.6 Å². The number of nitrogens with zero attached hydrogens (tertiary/aromatic N) is 3. The number of nitrogens with one attached hydrogen (secondary N) is 3. The first kappa shape index (κ1) is 29.1. The number of anilines is 3. The number of carbonyl (C=O) groups excluding carboxylic acids is 2. The van der Waals surface area contributed by atoms with Gasteiger partial charge < -0.3 is 20.6 Å². The van der Waals surface area contributed by atoms with Crippen molar-refractivity contribution in [3.8, 4) is 0 Å². The molecule has 3 atom stereocenters. The molecule has 4 heterocycles. The molecular weight excluding hydrogens is 592 g/mol. The van der Waals surface area contributed by atoms with Gasteiger partial charge >= 0.3 is 12.2 Å². The maximum absolute atomic E-state index is 15.1. The Bertz CT molecular complexity index is 1570. The third kappa shape index (κ3) is 5.47. The van der Waals surface area contributed by atoms with Crippen LogP contribution in [0.25, 0.3) is 0 Å². The van der Waals surface area contributed by atoms with Gasteiger partial charge in [-0.25, -0.2) is 14.2 Å². The number of aliphatic hydroxyl groups is 1. The number of pyridine rings is 2. The fourth-order valence-electron chi connectivity index (χ4n) is 5.77. The number of benzene rings is 1. The summed E-state index contributed by atoms with van der Waals surface area (Å²) in [4.78, 5) is 35.0. The highest BCUT2D eigenvalue weighted by atomic mass is 35.5. The minimum Gasteiger partial charge on any atom is -0.379 e. The van der Waals surface area contributed by atoms with Crippen molar-refractivity contribution in [1.82, 2.24) is 14.9 Å². The first-order chi connectivity index (χ1) is 20.4. The van der Waals surface area contributed by atoms with Gasteiger partial charge in [0.1, 0.15) is 17.7 Å². The second-order valence-electron chi connectivity index (χ2n) is 11.3.